The average Bonchev–Trinajstić information content (AvgIpc) is 2.43. The van der Waals surface area contributed by atoms with Gasteiger partial charge in [0.25, 0.3) is 0 Å². The van der Waals surface area contributed by atoms with Crippen molar-refractivity contribution in [1.29, 1.82) is 0 Å². The molecule has 1 fully saturated rings. The highest BCUT2D eigenvalue weighted by atomic mass is 16.5. The highest BCUT2D eigenvalue weighted by Crippen LogP contribution is 2.29. The van der Waals surface area contributed by atoms with Crippen molar-refractivity contribution in [3.8, 4) is 5.75 Å². The van der Waals surface area contributed by atoms with E-state index in [1.807, 2.05) is 12.1 Å². The molecule has 20 heavy (non-hydrogen) atoms. The quantitative estimate of drug-likeness (QED) is 0.890. The highest BCUT2D eigenvalue weighted by Gasteiger charge is 2.26. The largest absolute Gasteiger partial charge is 0.496 e. The fourth-order valence-electron chi connectivity index (χ4n) is 3.21. The van der Waals surface area contributed by atoms with Crippen molar-refractivity contribution in [1.82, 2.24) is 5.32 Å². The summed E-state index contributed by atoms with van der Waals surface area (Å²) in [6, 6.07) is 9.16. The van der Waals surface area contributed by atoms with Gasteiger partial charge in [-0.05, 0) is 39.2 Å². The van der Waals surface area contributed by atoms with Crippen LogP contribution >= 0.6 is 0 Å². The predicted octanol–water partition coefficient (Wildman–Crippen LogP) is 3.69. The summed E-state index contributed by atoms with van der Waals surface area (Å²) in [4.78, 5) is 0. The summed E-state index contributed by atoms with van der Waals surface area (Å²) >= 11 is 0. The first kappa shape index (κ1) is 15.3. The molecule has 1 N–H and O–H groups in total. The van der Waals surface area contributed by atoms with Crippen molar-refractivity contribution in [2.75, 3.05) is 7.11 Å². The Hall–Kier alpha value is -1.06. The molecule has 0 radical (unpaired) electrons. The third-order valence-electron chi connectivity index (χ3n) is 4.06. The van der Waals surface area contributed by atoms with Gasteiger partial charge in [0.05, 0.1) is 19.3 Å². The number of methoxy groups -OCH3 is 1. The zero-order valence-electron chi connectivity index (χ0n) is 13.1. The third kappa shape index (κ3) is 3.74. The molecule has 0 spiro atoms. The zero-order chi connectivity index (χ0) is 14.5. The van der Waals surface area contributed by atoms with Gasteiger partial charge in [0.1, 0.15) is 5.75 Å². The lowest BCUT2D eigenvalue weighted by molar-refractivity contribution is -0.0437. The lowest BCUT2D eigenvalue weighted by Crippen LogP contribution is -2.42. The molecule has 1 aromatic rings. The third-order valence-corrected chi connectivity index (χ3v) is 4.06. The molecular weight excluding hydrogens is 250 g/mol. The predicted molar refractivity (Wildman–Crippen MR) is 82.2 cm³/mol. The lowest BCUT2D eigenvalue weighted by atomic mass is 9.96. The number of para-hydroxylation sites is 1. The van der Waals surface area contributed by atoms with E-state index >= 15 is 0 Å². The van der Waals surface area contributed by atoms with E-state index < -0.39 is 0 Å². The fourth-order valence-corrected chi connectivity index (χ4v) is 3.21. The van der Waals surface area contributed by atoms with Crippen LogP contribution in [0.3, 0.4) is 0 Å². The van der Waals surface area contributed by atoms with Gasteiger partial charge in [0.15, 0.2) is 0 Å². The Bertz CT molecular complexity index is 411. The van der Waals surface area contributed by atoms with Crippen LogP contribution in [0.5, 0.6) is 5.75 Å². The summed E-state index contributed by atoms with van der Waals surface area (Å²) in [6.07, 6.45) is 3.89. The van der Waals surface area contributed by atoms with E-state index in [0.29, 0.717) is 24.3 Å². The normalized spacial score (nSPS) is 28.1. The van der Waals surface area contributed by atoms with Crippen molar-refractivity contribution in [3.05, 3.63) is 29.8 Å². The van der Waals surface area contributed by atoms with Gasteiger partial charge in [-0.2, -0.15) is 0 Å². The lowest BCUT2D eigenvalue weighted by Gasteiger charge is -2.35. The number of hydrogen-bond acceptors (Lipinski definition) is 3. The van der Waals surface area contributed by atoms with Crippen LogP contribution in [0, 0.1) is 0 Å². The minimum atomic E-state index is 0.339. The maximum atomic E-state index is 5.82. The van der Waals surface area contributed by atoms with Gasteiger partial charge in [-0.3, -0.25) is 0 Å². The Kier molecular flexibility index (Phi) is 5.44. The summed E-state index contributed by atoms with van der Waals surface area (Å²) in [6.45, 7) is 6.54. The minimum absolute atomic E-state index is 0.339. The monoisotopic (exact) mass is 277 g/mol. The molecule has 112 valence electrons. The second kappa shape index (κ2) is 7.09. The van der Waals surface area contributed by atoms with Crippen LogP contribution in [0.2, 0.25) is 0 Å². The molecule has 3 heteroatoms. The van der Waals surface area contributed by atoms with E-state index in [0.717, 1.165) is 25.0 Å². The number of rotatable bonds is 5. The van der Waals surface area contributed by atoms with E-state index in [-0.39, 0.29) is 0 Å². The summed E-state index contributed by atoms with van der Waals surface area (Å²) in [7, 11) is 1.74. The van der Waals surface area contributed by atoms with Gasteiger partial charge in [0, 0.05) is 17.6 Å². The van der Waals surface area contributed by atoms with E-state index in [4.69, 9.17) is 9.47 Å². The molecule has 3 unspecified atom stereocenters. The van der Waals surface area contributed by atoms with Gasteiger partial charge in [-0.25, -0.2) is 0 Å². The minimum Gasteiger partial charge on any atom is -0.496 e. The molecule has 0 amide bonds. The molecule has 0 aromatic heterocycles. The highest BCUT2D eigenvalue weighted by molar-refractivity contribution is 5.35. The standard InChI is InChI=1S/C17H27NO2/c1-5-16(15-8-6-7-9-17(15)19-4)18-14-10-12(2)20-13(3)11-14/h6-9,12-14,16,18H,5,10-11H2,1-4H3. The van der Waals surface area contributed by atoms with Gasteiger partial charge >= 0.3 is 0 Å². The van der Waals surface area contributed by atoms with Crippen LogP contribution in [0.1, 0.15) is 51.6 Å². The molecule has 0 bridgehead atoms. The van der Waals surface area contributed by atoms with Crippen LogP contribution in [0.4, 0.5) is 0 Å². The van der Waals surface area contributed by atoms with E-state index in [2.05, 4.69) is 38.2 Å². The van der Waals surface area contributed by atoms with Crippen molar-refractivity contribution in [2.45, 2.75) is 64.3 Å². The second-order valence-electron chi connectivity index (χ2n) is 5.80. The number of ether oxygens (including phenoxy) is 2. The number of benzene rings is 1. The Balaban J connectivity index is 2.08. The van der Waals surface area contributed by atoms with Crippen LogP contribution in [0.15, 0.2) is 24.3 Å². The maximum Gasteiger partial charge on any atom is 0.123 e. The fraction of sp³-hybridized carbons (Fsp3) is 0.647. The first-order valence-electron chi connectivity index (χ1n) is 7.68. The van der Waals surface area contributed by atoms with E-state index in [1.54, 1.807) is 7.11 Å². The van der Waals surface area contributed by atoms with Gasteiger partial charge in [0.2, 0.25) is 0 Å². The Morgan fingerprint density at radius 3 is 2.50 bits per heavy atom. The van der Waals surface area contributed by atoms with E-state index in [1.165, 1.54) is 5.56 Å². The molecule has 1 heterocycles. The SMILES string of the molecule is CCC(NC1CC(C)OC(C)C1)c1ccccc1OC. The second-order valence-corrected chi connectivity index (χ2v) is 5.80. The molecule has 3 atom stereocenters. The topological polar surface area (TPSA) is 30.5 Å². The summed E-state index contributed by atoms with van der Waals surface area (Å²) in [5, 5.41) is 3.80. The molecule has 1 saturated heterocycles. The molecule has 1 aliphatic heterocycles. The number of nitrogens with one attached hydrogen (secondary N) is 1. The first-order chi connectivity index (χ1) is 9.63. The van der Waals surface area contributed by atoms with Gasteiger partial charge in [-0.15, -0.1) is 0 Å². The van der Waals surface area contributed by atoms with Crippen molar-refractivity contribution in [3.63, 3.8) is 0 Å². The first-order valence-corrected chi connectivity index (χ1v) is 7.68. The Morgan fingerprint density at radius 1 is 1.25 bits per heavy atom. The van der Waals surface area contributed by atoms with E-state index in [9.17, 15) is 0 Å². The van der Waals surface area contributed by atoms with Crippen LogP contribution in [-0.2, 0) is 4.74 Å². The molecule has 0 saturated carbocycles. The summed E-state index contributed by atoms with van der Waals surface area (Å²) < 4.78 is 11.3. The molecule has 1 aromatic carbocycles. The van der Waals surface area contributed by atoms with Gasteiger partial charge < -0.3 is 14.8 Å². The molecule has 0 aliphatic carbocycles. The molecular formula is C17H27NO2. The molecule has 3 nitrogen and oxygen atoms in total. The van der Waals surface area contributed by atoms with Crippen LogP contribution < -0.4 is 10.1 Å². The van der Waals surface area contributed by atoms with Crippen molar-refractivity contribution >= 4 is 0 Å². The number of hydrogen-bond donors (Lipinski definition) is 1. The Morgan fingerprint density at radius 2 is 1.90 bits per heavy atom. The molecule has 1 aliphatic rings. The van der Waals surface area contributed by atoms with Crippen LogP contribution in [0.25, 0.3) is 0 Å². The Labute approximate surface area is 122 Å². The molecule has 2 rings (SSSR count). The zero-order valence-corrected chi connectivity index (χ0v) is 13.1. The smallest absolute Gasteiger partial charge is 0.123 e. The maximum absolute atomic E-state index is 5.82. The summed E-state index contributed by atoms with van der Waals surface area (Å²) in [5.41, 5.74) is 1.25. The van der Waals surface area contributed by atoms with Crippen molar-refractivity contribution < 1.29 is 9.47 Å². The average molecular weight is 277 g/mol. The van der Waals surface area contributed by atoms with Crippen molar-refractivity contribution in [2.24, 2.45) is 0 Å². The van der Waals surface area contributed by atoms with Crippen LogP contribution in [-0.4, -0.2) is 25.4 Å². The summed E-state index contributed by atoms with van der Waals surface area (Å²) in [5.74, 6) is 0.972. The van der Waals surface area contributed by atoms with Gasteiger partial charge in [-0.1, -0.05) is 25.1 Å².